The predicted octanol–water partition coefficient (Wildman–Crippen LogP) is 2.51. The Hall–Kier alpha value is -1.79. The molecule has 0 radical (unpaired) electrons. The van der Waals surface area contributed by atoms with Crippen molar-refractivity contribution in [3.8, 4) is 0 Å². The Balaban J connectivity index is 2.03. The summed E-state index contributed by atoms with van der Waals surface area (Å²) in [5.74, 6) is 0.0399. The molecular weight excluding hydrogens is 284 g/mol. The molecule has 0 saturated carbocycles. The van der Waals surface area contributed by atoms with Crippen LogP contribution in [0.2, 0.25) is 0 Å². The minimum atomic E-state index is 0.0399. The quantitative estimate of drug-likeness (QED) is 0.772. The van der Waals surface area contributed by atoms with Crippen LogP contribution in [0, 0.1) is 0 Å². The van der Waals surface area contributed by atoms with Gasteiger partial charge in [0, 0.05) is 30.8 Å². The summed E-state index contributed by atoms with van der Waals surface area (Å²) in [6.07, 6.45) is 5.02. The second-order valence-electron chi connectivity index (χ2n) is 4.67. The molecule has 2 N–H and O–H groups in total. The SMILES string of the molecule is CNCCCC(=O)Nc1ccccc1Sc1nccn1C. The largest absolute Gasteiger partial charge is 0.329 e. The first-order valence-corrected chi connectivity index (χ1v) is 7.71. The van der Waals surface area contributed by atoms with E-state index in [-0.39, 0.29) is 5.91 Å². The van der Waals surface area contributed by atoms with Gasteiger partial charge in [0.15, 0.2) is 5.16 Å². The Morgan fingerprint density at radius 1 is 1.38 bits per heavy atom. The van der Waals surface area contributed by atoms with Gasteiger partial charge >= 0.3 is 0 Å². The molecule has 0 saturated heterocycles. The molecule has 0 bridgehead atoms. The summed E-state index contributed by atoms with van der Waals surface area (Å²) >= 11 is 1.54. The van der Waals surface area contributed by atoms with E-state index < -0.39 is 0 Å². The third-order valence-electron chi connectivity index (χ3n) is 2.97. The Morgan fingerprint density at radius 3 is 2.90 bits per heavy atom. The molecule has 112 valence electrons. The molecule has 0 aliphatic carbocycles. The fourth-order valence-electron chi connectivity index (χ4n) is 1.85. The standard InChI is InChI=1S/C15H20N4OS/c1-16-9-5-8-14(20)18-12-6-3-4-7-13(12)21-15-17-10-11-19(15)2/h3-4,6-7,10-11,16H,5,8-9H2,1-2H3,(H,18,20). The van der Waals surface area contributed by atoms with Crippen LogP contribution in [-0.4, -0.2) is 29.1 Å². The minimum Gasteiger partial charge on any atom is -0.329 e. The first-order chi connectivity index (χ1) is 10.2. The van der Waals surface area contributed by atoms with E-state index in [9.17, 15) is 4.79 Å². The number of rotatable bonds is 7. The first kappa shape index (κ1) is 15.6. The van der Waals surface area contributed by atoms with E-state index in [1.54, 1.807) is 18.0 Å². The molecule has 0 aliphatic heterocycles. The van der Waals surface area contributed by atoms with Crippen LogP contribution >= 0.6 is 11.8 Å². The van der Waals surface area contributed by atoms with E-state index in [2.05, 4.69) is 15.6 Å². The Bertz CT molecular complexity index is 597. The number of carbonyl (C=O) groups is 1. The number of benzene rings is 1. The first-order valence-electron chi connectivity index (χ1n) is 6.89. The Morgan fingerprint density at radius 2 is 2.19 bits per heavy atom. The van der Waals surface area contributed by atoms with Crippen LogP contribution in [-0.2, 0) is 11.8 Å². The third kappa shape index (κ3) is 4.61. The van der Waals surface area contributed by atoms with Gasteiger partial charge in [-0.05, 0) is 43.9 Å². The van der Waals surface area contributed by atoms with Crippen molar-refractivity contribution in [1.29, 1.82) is 0 Å². The van der Waals surface area contributed by atoms with Gasteiger partial charge < -0.3 is 15.2 Å². The maximum absolute atomic E-state index is 11.9. The van der Waals surface area contributed by atoms with Crippen molar-refractivity contribution in [2.45, 2.75) is 22.9 Å². The summed E-state index contributed by atoms with van der Waals surface area (Å²) in [6.45, 7) is 0.844. The van der Waals surface area contributed by atoms with Crippen molar-refractivity contribution < 1.29 is 4.79 Å². The Labute approximate surface area is 129 Å². The molecular formula is C15H20N4OS. The van der Waals surface area contributed by atoms with Crippen molar-refractivity contribution in [3.63, 3.8) is 0 Å². The number of para-hydroxylation sites is 1. The molecule has 1 aromatic heterocycles. The van der Waals surface area contributed by atoms with Crippen molar-refractivity contribution in [2.75, 3.05) is 18.9 Å². The van der Waals surface area contributed by atoms with Crippen LogP contribution in [0.25, 0.3) is 0 Å². The number of nitrogens with one attached hydrogen (secondary N) is 2. The summed E-state index contributed by atoms with van der Waals surface area (Å²) in [7, 11) is 3.84. The summed E-state index contributed by atoms with van der Waals surface area (Å²) in [5.41, 5.74) is 0.833. The molecule has 21 heavy (non-hydrogen) atoms. The molecule has 1 heterocycles. The maximum atomic E-state index is 11.9. The molecule has 0 aliphatic rings. The van der Waals surface area contributed by atoms with E-state index in [0.29, 0.717) is 6.42 Å². The zero-order valence-corrected chi connectivity index (χ0v) is 13.1. The highest BCUT2D eigenvalue weighted by Crippen LogP contribution is 2.32. The van der Waals surface area contributed by atoms with Gasteiger partial charge in [0.1, 0.15) is 0 Å². The minimum absolute atomic E-state index is 0.0399. The molecule has 0 unspecified atom stereocenters. The van der Waals surface area contributed by atoms with Crippen molar-refractivity contribution in [1.82, 2.24) is 14.9 Å². The molecule has 2 rings (SSSR count). The highest BCUT2D eigenvalue weighted by Gasteiger charge is 2.09. The normalized spacial score (nSPS) is 10.6. The van der Waals surface area contributed by atoms with Crippen LogP contribution in [0.1, 0.15) is 12.8 Å². The number of imidazole rings is 1. The molecule has 5 nitrogen and oxygen atoms in total. The number of amides is 1. The molecule has 0 fully saturated rings. The summed E-state index contributed by atoms with van der Waals surface area (Å²) < 4.78 is 1.95. The van der Waals surface area contributed by atoms with Gasteiger partial charge in [-0.2, -0.15) is 0 Å². The summed E-state index contributed by atoms with van der Waals surface area (Å²) in [5, 5.41) is 6.91. The zero-order chi connectivity index (χ0) is 15.1. The fourth-order valence-corrected chi connectivity index (χ4v) is 2.74. The summed E-state index contributed by atoms with van der Waals surface area (Å²) in [4.78, 5) is 17.2. The van der Waals surface area contributed by atoms with Crippen LogP contribution in [0.5, 0.6) is 0 Å². The summed E-state index contributed by atoms with van der Waals surface area (Å²) in [6, 6.07) is 7.79. The number of hydrogen-bond donors (Lipinski definition) is 2. The van der Waals surface area contributed by atoms with Gasteiger partial charge in [0.25, 0.3) is 0 Å². The molecule has 6 heteroatoms. The molecule has 0 atom stereocenters. The highest BCUT2D eigenvalue weighted by molar-refractivity contribution is 7.99. The number of hydrogen-bond acceptors (Lipinski definition) is 4. The van der Waals surface area contributed by atoms with Gasteiger partial charge in [-0.15, -0.1) is 0 Å². The molecule has 0 spiro atoms. The van der Waals surface area contributed by atoms with E-state index >= 15 is 0 Å². The van der Waals surface area contributed by atoms with Gasteiger partial charge in [-0.3, -0.25) is 4.79 Å². The molecule has 1 amide bonds. The molecule has 2 aromatic rings. The van der Waals surface area contributed by atoms with E-state index in [1.807, 2.05) is 49.1 Å². The number of carbonyl (C=O) groups excluding carboxylic acids is 1. The van der Waals surface area contributed by atoms with Crippen LogP contribution in [0.15, 0.2) is 46.7 Å². The van der Waals surface area contributed by atoms with Crippen molar-refractivity contribution in [2.24, 2.45) is 7.05 Å². The van der Waals surface area contributed by atoms with Crippen LogP contribution < -0.4 is 10.6 Å². The van der Waals surface area contributed by atoms with E-state index in [1.165, 1.54) is 0 Å². The third-order valence-corrected chi connectivity index (χ3v) is 4.12. The monoisotopic (exact) mass is 304 g/mol. The van der Waals surface area contributed by atoms with Gasteiger partial charge in [-0.1, -0.05) is 12.1 Å². The number of nitrogens with zero attached hydrogens (tertiary/aromatic N) is 2. The molecule has 1 aromatic carbocycles. The van der Waals surface area contributed by atoms with Gasteiger partial charge in [-0.25, -0.2) is 4.98 Å². The lowest BCUT2D eigenvalue weighted by atomic mass is 10.2. The lowest BCUT2D eigenvalue weighted by Gasteiger charge is -2.10. The maximum Gasteiger partial charge on any atom is 0.224 e. The average Bonchev–Trinajstić information content (AvgIpc) is 2.87. The lowest BCUT2D eigenvalue weighted by Crippen LogP contribution is -2.15. The topological polar surface area (TPSA) is 59.0 Å². The van der Waals surface area contributed by atoms with Crippen molar-refractivity contribution in [3.05, 3.63) is 36.7 Å². The van der Waals surface area contributed by atoms with Crippen LogP contribution in [0.3, 0.4) is 0 Å². The second-order valence-corrected chi connectivity index (χ2v) is 5.68. The van der Waals surface area contributed by atoms with Crippen LogP contribution in [0.4, 0.5) is 5.69 Å². The fraction of sp³-hybridized carbons (Fsp3) is 0.333. The van der Waals surface area contributed by atoms with E-state index in [0.717, 1.165) is 28.7 Å². The number of aromatic nitrogens is 2. The smallest absolute Gasteiger partial charge is 0.224 e. The van der Waals surface area contributed by atoms with Crippen molar-refractivity contribution >= 4 is 23.4 Å². The number of anilines is 1. The zero-order valence-electron chi connectivity index (χ0n) is 12.3. The van der Waals surface area contributed by atoms with E-state index in [4.69, 9.17) is 0 Å². The highest BCUT2D eigenvalue weighted by atomic mass is 32.2. The second kappa shape index (κ2) is 7.85. The lowest BCUT2D eigenvalue weighted by molar-refractivity contribution is -0.116. The average molecular weight is 304 g/mol. The predicted molar refractivity (Wildman–Crippen MR) is 85.6 cm³/mol. The number of aryl methyl sites for hydroxylation is 1. The Kier molecular flexibility index (Phi) is 5.83. The van der Waals surface area contributed by atoms with Gasteiger partial charge in [0.2, 0.25) is 5.91 Å². The van der Waals surface area contributed by atoms with Gasteiger partial charge in [0.05, 0.1) is 5.69 Å².